The number of aromatic nitrogens is 2. The van der Waals surface area contributed by atoms with Crippen molar-refractivity contribution in [3.63, 3.8) is 0 Å². The molecule has 0 N–H and O–H groups in total. The topological polar surface area (TPSA) is 98.4 Å². The van der Waals surface area contributed by atoms with Crippen LogP contribution in [0, 0.1) is 10.1 Å². The van der Waals surface area contributed by atoms with Crippen molar-refractivity contribution < 1.29 is 13.9 Å². The fraction of sp³-hybridized carbons (Fsp3) is 0.238. The first-order valence-electron chi connectivity index (χ1n) is 9.30. The lowest BCUT2D eigenvalue weighted by Gasteiger charge is -2.14. The lowest BCUT2D eigenvalue weighted by Crippen LogP contribution is -2.18. The first-order chi connectivity index (χ1) is 14.0. The molecule has 4 rings (SSSR count). The van der Waals surface area contributed by atoms with Gasteiger partial charge in [0.1, 0.15) is 11.3 Å². The predicted molar refractivity (Wildman–Crippen MR) is 107 cm³/mol. The number of benzene rings is 2. The molecule has 0 aliphatic carbocycles. The Kier molecular flexibility index (Phi) is 5.09. The third kappa shape index (κ3) is 3.88. The van der Waals surface area contributed by atoms with E-state index in [-0.39, 0.29) is 5.69 Å². The largest absolute Gasteiger partial charge is 0.461 e. The van der Waals surface area contributed by atoms with Gasteiger partial charge in [-0.3, -0.25) is 15.0 Å². The van der Waals surface area contributed by atoms with Crippen LogP contribution in [0.1, 0.15) is 24.1 Å². The molecule has 2 aromatic heterocycles. The van der Waals surface area contributed by atoms with E-state index in [0.29, 0.717) is 30.4 Å². The third-order valence-electron chi connectivity index (χ3n) is 4.74. The number of hydrogen-bond donors (Lipinski definition) is 0. The van der Waals surface area contributed by atoms with E-state index in [4.69, 9.17) is 8.94 Å². The summed E-state index contributed by atoms with van der Waals surface area (Å²) in [7, 11) is 1.98. The number of rotatable bonds is 7. The Morgan fingerprint density at radius 1 is 1.10 bits per heavy atom. The monoisotopic (exact) mass is 392 g/mol. The molecule has 0 aliphatic rings. The Hall–Kier alpha value is -3.52. The number of nitro benzene ring substituents is 1. The van der Waals surface area contributed by atoms with Gasteiger partial charge >= 0.3 is 0 Å². The van der Waals surface area contributed by atoms with E-state index in [1.54, 1.807) is 12.1 Å². The summed E-state index contributed by atoms with van der Waals surface area (Å²) in [6.45, 7) is 3.24. The Balaban J connectivity index is 1.48. The van der Waals surface area contributed by atoms with Gasteiger partial charge in [0.15, 0.2) is 0 Å². The smallest absolute Gasteiger partial charge is 0.269 e. The number of fused-ring (bicyclic) bond motifs is 1. The van der Waals surface area contributed by atoms with Gasteiger partial charge < -0.3 is 8.94 Å². The summed E-state index contributed by atoms with van der Waals surface area (Å²) < 4.78 is 11.3. The second-order valence-corrected chi connectivity index (χ2v) is 6.84. The zero-order valence-corrected chi connectivity index (χ0v) is 16.2. The molecule has 0 bridgehead atoms. The van der Waals surface area contributed by atoms with Crippen molar-refractivity contribution in [3.05, 3.63) is 75.9 Å². The van der Waals surface area contributed by atoms with Crippen LogP contribution in [0.15, 0.2) is 57.5 Å². The first kappa shape index (κ1) is 18.8. The number of aryl methyl sites for hydroxylation is 1. The van der Waals surface area contributed by atoms with Gasteiger partial charge in [0, 0.05) is 41.6 Å². The van der Waals surface area contributed by atoms with Gasteiger partial charge in [0.2, 0.25) is 11.7 Å². The number of non-ortho nitro benzene ring substituents is 1. The predicted octanol–water partition coefficient (Wildman–Crippen LogP) is 4.59. The lowest BCUT2D eigenvalue weighted by molar-refractivity contribution is -0.384. The third-order valence-corrected chi connectivity index (χ3v) is 4.74. The van der Waals surface area contributed by atoms with E-state index < -0.39 is 4.92 Å². The highest BCUT2D eigenvalue weighted by Gasteiger charge is 2.17. The molecular formula is C21H20N4O4. The van der Waals surface area contributed by atoms with Crippen LogP contribution in [0.3, 0.4) is 0 Å². The quantitative estimate of drug-likeness (QED) is 0.335. The highest BCUT2D eigenvalue weighted by atomic mass is 16.6. The maximum atomic E-state index is 10.8. The van der Waals surface area contributed by atoms with Crippen molar-refractivity contribution in [1.82, 2.24) is 15.0 Å². The van der Waals surface area contributed by atoms with Crippen LogP contribution in [-0.2, 0) is 19.5 Å². The molecule has 8 heteroatoms. The summed E-state index contributed by atoms with van der Waals surface area (Å²) in [6, 6.07) is 14.1. The second-order valence-electron chi connectivity index (χ2n) is 6.84. The fourth-order valence-electron chi connectivity index (χ4n) is 3.33. The lowest BCUT2D eigenvalue weighted by atomic mass is 10.1. The number of nitro groups is 1. The first-order valence-corrected chi connectivity index (χ1v) is 9.30. The molecule has 0 radical (unpaired) electrons. The Labute approximate surface area is 166 Å². The molecule has 29 heavy (non-hydrogen) atoms. The summed E-state index contributed by atoms with van der Waals surface area (Å²) in [6.07, 6.45) is 0.822. The molecule has 0 aliphatic heterocycles. The number of para-hydroxylation sites is 1. The highest BCUT2D eigenvalue weighted by Crippen LogP contribution is 2.28. The number of nitrogens with zero attached hydrogens (tertiary/aromatic N) is 4. The zero-order valence-electron chi connectivity index (χ0n) is 16.2. The molecule has 0 amide bonds. The minimum Gasteiger partial charge on any atom is -0.461 e. The molecule has 8 nitrogen and oxygen atoms in total. The van der Waals surface area contributed by atoms with Gasteiger partial charge in [0.05, 0.1) is 11.5 Å². The van der Waals surface area contributed by atoms with Crippen molar-refractivity contribution in [2.75, 3.05) is 7.05 Å². The maximum Gasteiger partial charge on any atom is 0.269 e. The van der Waals surface area contributed by atoms with E-state index in [1.807, 2.05) is 25.2 Å². The van der Waals surface area contributed by atoms with Crippen LogP contribution in [0.25, 0.3) is 22.4 Å². The van der Waals surface area contributed by atoms with E-state index in [0.717, 1.165) is 23.2 Å². The summed E-state index contributed by atoms with van der Waals surface area (Å²) in [5.41, 5.74) is 2.75. The van der Waals surface area contributed by atoms with Crippen LogP contribution < -0.4 is 0 Å². The normalized spacial score (nSPS) is 11.4. The Bertz CT molecular complexity index is 1150. The SMILES string of the molecule is CCc1oc2ccccc2c1CN(C)Cc1nc(-c2ccc([N+](=O)[O-])cc2)no1. The molecule has 0 unspecified atom stereocenters. The summed E-state index contributed by atoms with van der Waals surface area (Å²) in [4.78, 5) is 16.8. The van der Waals surface area contributed by atoms with E-state index in [2.05, 4.69) is 28.0 Å². The standard InChI is InChI=1S/C21H20N4O4/c1-3-18-17(16-6-4-5-7-19(16)28-18)12-24(2)13-20-22-21(23-29-20)14-8-10-15(11-9-14)25(26)27/h4-11H,3,12-13H2,1-2H3. The molecule has 2 aromatic carbocycles. The van der Waals surface area contributed by atoms with Crippen LogP contribution in [0.5, 0.6) is 0 Å². The Morgan fingerprint density at radius 3 is 2.59 bits per heavy atom. The van der Waals surface area contributed by atoms with Crippen molar-refractivity contribution in [2.45, 2.75) is 26.4 Å². The van der Waals surface area contributed by atoms with Gasteiger partial charge in [0.25, 0.3) is 5.69 Å². The van der Waals surface area contributed by atoms with Crippen molar-refractivity contribution >= 4 is 16.7 Å². The number of furan rings is 1. The van der Waals surface area contributed by atoms with Gasteiger partial charge in [-0.25, -0.2) is 0 Å². The van der Waals surface area contributed by atoms with Crippen molar-refractivity contribution in [3.8, 4) is 11.4 Å². The van der Waals surface area contributed by atoms with Crippen LogP contribution >= 0.6 is 0 Å². The van der Waals surface area contributed by atoms with Gasteiger partial charge in [-0.2, -0.15) is 4.98 Å². The molecule has 0 fully saturated rings. The molecule has 148 valence electrons. The molecule has 0 atom stereocenters. The van der Waals surface area contributed by atoms with Crippen molar-refractivity contribution in [1.29, 1.82) is 0 Å². The minimum absolute atomic E-state index is 0.0243. The van der Waals surface area contributed by atoms with E-state index >= 15 is 0 Å². The Morgan fingerprint density at radius 2 is 1.86 bits per heavy atom. The molecule has 2 heterocycles. The molecule has 0 saturated carbocycles. The maximum absolute atomic E-state index is 10.8. The van der Waals surface area contributed by atoms with Crippen LogP contribution in [-0.4, -0.2) is 27.0 Å². The molecule has 0 saturated heterocycles. The van der Waals surface area contributed by atoms with E-state index in [1.165, 1.54) is 17.7 Å². The molecule has 0 spiro atoms. The van der Waals surface area contributed by atoms with Crippen LogP contribution in [0.4, 0.5) is 5.69 Å². The molecule has 4 aromatic rings. The summed E-state index contributed by atoms with van der Waals surface area (Å²) in [5.74, 6) is 1.87. The second kappa shape index (κ2) is 7.84. The number of hydrogen-bond acceptors (Lipinski definition) is 7. The average molecular weight is 392 g/mol. The zero-order chi connectivity index (χ0) is 20.4. The molecular weight excluding hydrogens is 372 g/mol. The highest BCUT2D eigenvalue weighted by molar-refractivity contribution is 5.82. The fourth-order valence-corrected chi connectivity index (χ4v) is 3.33. The van der Waals surface area contributed by atoms with Crippen molar-refractivity contribution in [2.24, 2.45) is 0 Å². The van der Waals surface area contributed by atoms with Gasteiger partial charge in [-0.1, -0.05) is 30.3 Å². The average Bonchev–Trinajstić information content (AvgIpc) is 3.33. The minimum atomic E-state index is -0.440. The summed E-state index contributed by atoms with van der Waals surface area (Å²) in [5, 5.41) is 15.9. The van der Waals surface area contributed by atoms with Gasteiger partial charge in [-0.05, 0) is 25.2 Å². The summed E-state index contributed by atoms with van der Waals surface area (Å²) >= 11 is 0. The van der Waals surface area contributed by atoms with Gasteiger partial charge in [-0.15, -0.1) is 0 Å². The van der Waals surface area contributed by atoms with Crippen LogP contribution in [0.2, 0.25) is 0 Å². The van der Waals surface area contributed by atoms with E-state index in [9.17, 15) is 10.1 Å².